The van der Waals surface area contributed by atoms with Gasteiger partial charge >= 0.3 is 0 Å². The van der Waals surface area contributed by atoms with Gasteiger partial charge in [-0.25, -0.2) is 0 Å². The number of aryl methyl sites for hydroxylation is 1. The molecule has 0 saturated carbocycles. The largest absolute Gasteiger partial charge is 0.469 e. The van der Waals surface area contributed by atoms with Crippen molar-refractivity contribution in [2.45, 2.75) is 25.8 Å². The monoisotopic (exact) mass is 255 g/mol. The Balaban J connectivity index is 1.60. The maximum Gasteiger partial charge on any atom is 0.103 e. The van der Waals surface area contributed by atoms with Gasteiger partial charge < -0.3 is 9.73 Å². The number of rotatable bonds is 5. The SMILES string of the molecule is CC(CCc1ccco1)Nc1ccc2[nH]ncc2c1. The van der Waals surface area contributed by atoms with E-state index in [1.54, 1.807) is 6.26 Å². The zero-order valence-corrected chi connectivity index (χ0v) is 10.9. The van der Waals surface area contributed by atoms with Crippen LogP contribution in [0, 0.1) is 0 Å². The number of aromatic nitrogens is 2. The molecule has 3 aromatic rings. The number of benzene rings is 1. The van der Waals surface area contributed by atoms with E-state index in [2.05, 4.69) is 34.6 Å². The van der Waals surface area contributed by atoms with Crippen molar-refractivity contribution in [3.8, 4) is 0 Å². The van der Waals surface area contributed by atoms with Crippen molar-refractivity contribution in [2.75, 3.05) is 5.32 Å². The molecule has 2 aromatic heterocycles. The normalized spacial score (nSPS) is 12.7. The molecular formula is C15H17N3O. The predicted octanol–water partition coefficient (Wildman–Crippen LogP) is 3.59. The highest BCUT2D eigenvalue weighted by Crippen LogP contribution is 2.18. The molecule has 0 aliphatic heterocycles. The summed E-state index contributed by atoms with van der Waals surface area (Å²) in [5.74, 6) is 1.04. The predicted molar refractivity (Wildman–Crippen MR) is 76.2 cm³/mol. The molecule has 4 heteroatoms. The van der Waals surface area contributed by atoms with Gasteiger partial charge in [0.1, 0.15) is 5.76 Å². The van der Waals surface area contributed by atoms with E-state index in [9.17, 15) is 0 Å². The first kappa shape index (κ1) is 11.8. The molecule has 3 rings (SSSR count). The van der Waals surface area contributed by atoms with Gasteiger partial charge in [0, 0.05) is 23.5 Å². The van der Waals surface area contributed by atoms with Crippen molar-refractivity contribution in [2.24, 2.45) is 0 Å². The van der Waals surface area contributed by atoms with Gasteiger partial charge in [-0.15, -0.1) is 0 Å². The topological polar surface area (TPSA) is 53.9 Å². The lowest BCUT2D eigenvalue weighted by atomic mass is 10.1. The summed E-state index contributed by atoms with van der Waals surface area (Å²) in [6.45, 7) is 2.18. The molecule has 2 N–H and O–H groups in total. The van der Waals surface area contributed by atoms with E-state index in [0.717, 1.165) is 35.2 Å². The third-order valence-electron chi connectivity index (χ3n) is 3.26. The molecule has 19 heavy (non-hydrogen) atoms. The molecule has 4 nitrogen and oxygen atoms in total. The van der Waals surface area contributed by atoms with E-state index in [0.29, 0.717) is 6.04 Å². The molecule has 1 atom stereocenters. The van der Waals surface area contributed by atoms with Crippen LogP contribution in [0.3, 0.4) is 0 Å². The number of anilines is 1. The third kappa shape index (κ3) is 2.78. The van der Waals surface area contributed by atoms with Gasteiger partial charge in [-0.2, -0.15) is 5.10 Å². The number of nitrogens with one attached hydrogen (secondary N) is 2. The first-order chi connectivity index (χ1) is 9.31. The summed E-state index contributed by atoms with van der Waals surface area (Å²) < 4.78 is 5.34. The smallest absolute Gasteiger partial charge is 0.103 e. The average molecular weight is 255 g/mol. The molecule has 0 bridgehead atoms. The number of H-pyrrole nitrogens is 1. The number of fused-ring (bicyclic) bond motifs is 1. The standard InChI is InChI=1S/C15H17N3O/c1-11(4-6-14-3-2-8-19-14)17-13-5-7-15-12(9-13)10-16-18-15/h2-3,5,7-11,17H,4,6H2,1H3,(H,16,18). The Morgan fingerprint density at radius 1 is 1.37 bits per heavy atom. The average Bonchev–Trinajstić information content (AvgIpc) is 3.07. The summed E-state index contributed by atoms with van der Waals surface area (Å²) in [7, 11) is 0. The first-order valence-electron chi connectivity index (χ1n) is 6.53. The number of nitrogens with zero attached hydrogens (tertiary/aromatic N) is 1. The minimum atomic E-state index is 0.398. The quantitative estimate of drug-likeness (QED) is 0.732. The van der Waals surface area contributed by atoms with Crippen molar-refractivity contribution < 1.29 is 4.42 Å². The number of hydrogen-bond acceptors (Lipinski definition) is 3. The van der Waals surface area contributed by atoms with Crippen LogP contribution in [0.15, 0.2) is 47.2 Å². The lowest BCUT2D eigenvalue weighted by Gasteiger charge is -2.14. The van der Waals surface area contributed by atoms with Crippen LogP contribution in [0.4, 0.5) is 5.69 Å². The van der Waals surface area contributed by atoms with Gasteiger partial charge in [0.15, 0.2) is 0 Å². The molecule has 1 unspecified atom stereocenters. The summed E-state index contributed by atoms with van der Waals surface area (Å²) in [5.41, 5.74) is 2.19. The Bertz CT molecular complexity index is 642. The van der Waals surface area contributed by atoms with E-state index in [4.69, 9.17) is 4.42 Å². The second-order valence-corrected chi connectivity index (χ2v) is 4.84. The minimum Gasteiger partial charge on any atom is -0.469 e. The molecule has 0 aliphatic rings. The second kappa shape index (κ2) is 5.18. The van der Waals surface area contributed by atoms with Gasteiger partial charge in [0.05, 0.1) is 18.0 Å². The van der Waals surface area contributed by atoms with E-state index in [-0.39, 0.29) is 0 Å². The number of aromatic amines is 1. The third-order valence-corrected chi connectivity index (χ3v) is 3.26. The van der Waals surface area contributed by atoms with Crippen LogP contribution in [-0.2, 0) is 6.42 Å². The molecule has 1 aromatic carbocycles. The molecular weight excluding hydrogens is 238 g/mol. The van der Waals surface area contributed by atoms with Crippen LogP contribution < -0.4 is 5.32 Å². The number of hydrogen-bond donors (Lipinski definition) is 2. The molecule has 0 spiro atoms. The van der Waals surface area contributed by atoms with Crippen LogP contribution >= 0.6 is 0 Å². The van der Waals surface area contributed by atoms with Crippen molar-refractivity contribution >= 4 is 16.6 Å². The Hall–Kier alpha value is -2.23. The van der Waals surface area contributed by atoms with Crippen LogP contribution in [0.2, 0.25) is 0 Å². The summed E-state index contributed by atoms with van der Waals surface area (Å²) in [4.78, 5) is 0. The van der Waals surface area contributed by atoms with Crippen LogP contribution in [0.1, 0.15) is 19.1 Å². The Labute approximate surface area is 111 Å². The minimum absolute atomic E-state index is 0.398. The summed E-state index contributed by atoms with van der Waals surface area (Å²) in [6, 6.07) is 10.6. The van der Waals surface area contributed by atoms with Crippen LogP contribution in [0.5, 0.6) is 0 Å². The highest BCUT2D eigenvalue weighted by atomic mass is 16.3. The van der Waals surface area contributed by atoms with Gasteiger partial charge in [-0.3, -0.25) is 5.10 Å². The van der Waals surface area contributed by atoms with E-state index in [1.165, 1.54) is 0 Å². The van der Waals surface area contributed by atoms with Crippen molar-refractivity contribution in [3.63, 3.8) is 0 Å². The first-order valence-corrected chi connectivity index (χ1v) is 6.53. The van der Waals surface area contributed by atoms with Gasteiger partial charge in [0.2, 0.25) is 0 Å². The zero-order chi connectivity index (χ0) is 13.1. The van der Waals surface area contributed by atoms with Crippen molar-refractivity contribution in [1.29, 1.82) is 0 Å². The Morgan fingerprint density at radius 2 is 2.32 bits per heavy atom. The second-order valence-electron chi connectivity index (χ2n) is 4.84. The molecule has 0 fully saturated rings. The molecule has 0 amide bonds. The lowest BCUT2D eigenvalue weighted by molar-refractivity contribution is 0.495. The van der Waals surface area contributed by atoms with Crippen LogP contribution in [-0.4, -0.2) is 16.2 Å². The van der Waals surface area contributed by atoms with Gasteiger partial charge in [0.25, 0.3) is 0 Å². The van der Waals surface area contributed by atoms with E-state index >= 15 is 0 Å². The lowest BCUT2D eigenvalue weighted by Crippen LogP contribution is -2.15. The van der Waals surface area contributed by atoms with Crippen molar-refractivity contribution in [3.05, 3.63) is 48.6 Å². The molecule has 0 radical (unpaired) electrons. The summed E-state index contributed by atoms with van der Waals surface area (Å²) in [5, 5.41) is 11.6. The molecule has 0 saturated heterocycles. The van der Waals surface area contributed by atoms with Gasteiger partial charge in [-0.05, 0) is 43.7 Å². The van der Waals surface area contributed by atoms with Gasteiger partial charge in [-0.1, -0.05) is 0 Å². The summed E-state index contributed by atoms with van der Waals surface area (Å²) in [6.07, 6.45) is 5.56. The zero-order valence-electron chi connectivity index (χ0n) is 10.9. The maximum atomic E-state index is 5.34. The van der Waals surface area contributed by atoms with E-state index < -0.39 is 0 Å². The Morgan fingerprint density at radius 3 is 3.16 bits per heavy atom. The Kier molecular flexibility index (Phi) is 3.23. The molecule has 2 heterocycles. The fourth-order valence-electron chi connectivity index (χ4n) is 2.20. The summed E-state index contributed by atoms with van der Waals surface area (Å²) >= 11 is 0. The van der Waals surface area contributed by atoms with E-state index in [1.807, 2.05) is 24.4 Å². The molecule has 0 aliphatic carbocycles. The van der Waals surface area contributed by atoms with Crippen LogP contribution in [0.25, 0.3) is 10.9 Å². The highest BCUT2D eigenvalue weighted by molar-refractivity contribution is 5.81. The highest BCUT2D eigenvalue weighted by Gasteiger charge is 2.05. The molecule has 98 valence electrons. The fourth-order valence-corrected chi connectivity index (χ4v) is 2.20. The fraction of sp³-hybridized carbons (Fsp3) is 0.267. The number of furan rings is 1. The maximum absolute atomic E-state index is 5.34. The van der Waals surface area contributed by atoms with Crippen molar-refractivity contribution in [1.82, 2.24) is 10.2 Å².